The van der Waals surface area contributed by atoms with Gasteiger partial charge in [0.15, 0.2) is 0 Å². The van der Waals surface area contributed by atoms with Crippen molar-refractivity contribution in [3.63, 3.8) is 0 Å². The van der Waals surface area contributed by atoms with Gasteiger partial charge in [0.1, 0.15) is 0 Å². The van der Waals surface area contributed by atoms with E-state index in [0.717, 1.165) is 19.3 Å². The molecule has 1 nitrogen and oxygen atoms in total. The Morgan fingerprint density at radius 2 is 1.68 bits per heavy atom. The third kappa shape index (κ3) is 3.93. The summed E-state index contributed by atoms with van der Waals surface area (Å²) in [7, 11) is 0. The van der Waals surface area contributed by atoms with Crippen molar-refractivity contribution in [2.75, 3.05) is 0 Å². The van der Waals surface area contributed by atoms with E-state index in [9.17, 15) is 0 Å². The molecule has 1 aliphatic carbocycles. The number of rotatable bonds is 3. The van der Waals surface area contributed by atoms with Crippen LogP contribution in [0.1, 0.15) is 51.2 Å². The SMILES string of the molecule is C=Cc1cc2ccccc2cc1/C=C/C1=C(C(C)(C)C)CC(N)CC1. The monoisotopic (exact) mass is 331 g/mol. The van der Waals surface area contributed by atoms with Crippen molar-refractivity contribution in [3.8, 4) is 0 Å². The van der Waals surface area contributed by atoms with E-state index < -0.39 is 0 Å². The van der Waals surface area contributed by atoms with E-state index in [2.05, 4.69) is 75.9 Å². The van der Waals surface area contributed by atoms with Gasteiger partial charge in [0.05, 0.1) is 0 Å². The number of allylic oxidation sites excluding steroid dienone is 2. The maximum atomic E-state index is 6.23. The molecule has 0 amide bonds. The molecule has 0 saturated heterocycles. The van der Waals surface area contributed by atoms with Crippen LogP contribution in [0.3, 0.4) is 0 Å². The Bertz CT molecular complexity index is 846. The second-order valence-corrected chi connectivity index (χ2v) is 8.12. The summed E-state index contributed by atoms with van der Waals surface area (Å²) in [6.07, 6.45) is 9.66. The van der Waals surface area contributed by atoms with Crippen LogP contribution in [-0.4, -0.2) is 6.04 Å². The maximum absolute atomic E-state index is 6.23. The Labute approximate surface area is 151 Å². The lowest BCUT2D eigenvalue weighted by molar-refractivity contribution is 0.431. The molecular formula is C24H29N. The predicted octanol–water partition coefficient (Wildman–Crippen LogP) is 6.35. The van der Waals surface area contributed by atoms with E-state index in [1.165, 1.54) is 33.0 Å². The number of hydrogen-bond acceptors (Lipinski definition) is 1. The highest BCUT2D eigenvalue weighted by atomic mass is 14.6. The van der Waals surface area contributed by atoms with E-state index in [4.69, 9.17) is 5.73 Å². The lowest BCUT2D eigenvalue weighted by Gasteiger charge is -2.32. The molecule has 1 atom stereocenters. The van der Waals surface area contributed by atoms with E-state index in [0.29, 0.717) is 6.04 Å². The average Bonchev–Trinajstić information content (AvgIpc) is 2.59. The fourth-order valence-corrected chi connectivity index (χ4v) is 3.75. The smallest absolute Gasteiger partial charge is 0.00796 e. The van der Waals surface area contributed by atoms with Gasteiger partial charge in [0, 0.05) is 6.04 Å². The van der Waals surface area contributed by atoms with Gasteiger partial charge in [0.2, 0.25) is 0 Å². The molecule has 1 heteroatoms. The van der Waals surface area contributed by atoms with Crippen LogP contribution in [0.2, 0.25) is 0 Å². The van der Waals surface area contributed by atoms with E-state index >= 15 is 0 Å². The summed E-state index contributed by atoms with van der Waals surface area (Å²) in [5.41, 5.74) is 11.8. The van der Waals surface area contributed by atoms with Gasteiger partial charge < -0.3 is 5.73 Å². The quantitative estimate of drug-likeness (QED) is 0.696. The van der Waals surface area contributed by atoms with Crippen LogP contribution in [0.25, 0.3) is 22.9 Å². The molecule has 0 radical (unpaired) electrons. The van der Waals surface area contributed by atoms with Crippen molar-refractivity contribution in [2.45, 2.75) is 46.1 Å². The van der Waals surface area contributed by atoms with Crippen LogP contribution in [0.15, 0.2) is 60.2 Å². The molecule has 0 aromatic heterocycles. The molecule has 1 aliphatic rings. The molecule has 3 rings (SSSR count). The van der Waals surface area contributed by atoms with Crippen molar-refractivity contribution in [3.05, 3.63) is 71.3 Å². The Hall–Kier alpha value is -2.12. The van der Waals surface area contributed by atoms with Crippen LogP contribution in [-0.2, 0) is 0 Å². The molecule has 2 N–H and O–H groups in total. The Morgan fingerprint density at radius 1 is 1.04 bits per heavy atom. The largest absolute Gasteiger partial charge is 0.327 e. The summed E-state index contributed by atoms with van der Waals surface area (Å²) in [4.78, 5) is 0. The van der Waals surface area contributed by atoms with Crippen LogP contribution in [0.5, 0.6) is 0 Å². The van der Waals surface area contributed by atoms with Gasteiger partial charge in [-0.05, 0) is 64.3 Å². The molecule has 0 bridgehead atoms. The molecule has 0 heterocycles. The second-order valence-electron chi connectivity index (χ2n) is 8.12. The van der Waals surface area contributed by atoms with Gasteiger partial charge in [-0.2, -0.15) is 0 Å². The second kappa shape index (κ2) is 7.01. The first-order valence-corrected chi connectivity index (χ1v) is 9.20. The zero-order valence-electron chi connectivity index (χ0n) is 15.7. The fourth-order valence-electron chi connectivity index (χ4n) is 3.75. The highest BCUT2D eigenvalue weighted by Gasteiger charge is 2.25. The van der Waals surface area contributed by atoms with Gasteiger partial charge in [-0.1, -0.05) is 75.4 Å². The highest BCUT2D eigenvalue weighted by molar-refractivity contribution is 5.88. The minimum Gasteiger partial charge on any atom is -0.327 e. The lowest BCUT2D eigenvalue weighted by atomic mass is 9.75. The number of nitrogens with two attached hydrogens (primary N) is 1. The predicted molar refractivity (Wildman–Crippen MR) is 111 cm³/mol. The summed E-state index contributed by atoms with van der Waals surface area (Å²) in [6, 6.07) is 13.3. The van der Waals surface area contributed by atoms with E-state index in [1.54, 1.807) is 0 Å². The van der Waals surface area contributed by atoms with Crippen LogP contribution < -0.4 is 5.73 Å². The van der Waals surface area contributed by atoms with Crippen LogP contribution in [0.4, 0.5) is 0 Å². The Morgan fingerprint density at radius 3 is 2.28 bits per heavy atom. The number of fused-ring (bicyclic) bond motifs is 1. The molecule has 25 heavy (non-hydrogen) atoms. The first kappa shape index (κ1) is 17.7. The van der Waals surface area contributed by atoms with Gasteiger partial charge in [-0.3, -0.25) is 0 Å². The Kier molecular flexibility index (Phi) is 4.96. The van der Waals surface area contributed by atoms with Gasteiger partial charge >= 0.3 is 0 Å². The van der Waals surface area contributed by atoms with Crippen LogP contribution in [0, 0.1) is 5.41 Å². The van der Waals surface area contributed by atoms with Gasteiger partial charge in [-0.15, -0.1) is 0 Å². The summed E-state index contributed by atoms with van der Waals surface area (Å²) < 4.78 is 0. The third-order valence-corrected chi connectivity index (χ3v) is 5.18. The third-order valence-electron chi connectivity index (χ3n) is 5.18. The fraction of sp³-hybridized carbons (Fsp3) is 0.333. The molecule has 0 aliphatic heterocycles. The van der Waals surface area contributed by atoms with Crippen molar-refractivity contribution in [1.29, 1.82) is 0 Å². The minimum atomic E-state index is 0.169. The molecule has 0 spiro atoms. The molecule has 2 aromatic carbocycles. The summed E-state index contributed by atoms with van der Waals surface area (Å²) in [5.74, 6) is 0. The maximum Gasteiger partial charge on any atom is 0.00796 e. The Balaban J connectivity index is 2.03. The first-order chi connectivity index (χ1) is 11.9. The standard InChI is InChI=1S/C24H29N/c1-5-17-14-19-8-6-7-9-20(19)15-21(17)11-10-18-12-13-22(25)16-23(18)24(2,3)4/h5-11,14-15,22H,1,12-13,16,25H2,2-4H3/b11-10+. The zero-order chi connectivity index (χ0) is 18.0. The summed E-state index contributed by atoms with van der Waals surface area (Å²) >= 11 is 0. The molecule has 0 fully saturated rings. The molecule has 0 saturated carbocycles. The molecule has 130 valence electrons. The molecule has 1 unspecified atom stereocenters. The number of benzene rings is 2. The normalized spacial score (nSPS) is 19.0. The first-order valence-electron chi connectivity index (χ1n) is 9.20. The lowest BCUT2D eigenvalue weighted by Crippen LogP contribution is -2.28. The van der Waals surface area contributed by atoms with Crippen molar-refractivity contribution < 1.29 is 0 Å². The van der Waals surface area contributed by atoms with Gasteiger partial charge in [-0.25, -0.2) is 0 Å². The average molecular weight is 332 g/mol. The zero-order valence-corrected chi connectivity index (χ0v) is 15.7. The number of hydrogen-bond donors (Lipinski definition) is 1. The van der Waals surface area contributed by atoms with Crippen molar-refractivity contribution in [1.82, 2.24) is 0 Å². The minimum absolute atomic E-state index is 0.169. The van der Waals surface area contributed by atoms with E-state index in [-0.39, 0.29) is 5.41 Å². The van der Waals surface area contributed by atoms with Crippen molar-refractivity contribution >= 4 is 22.9 Å². The topological polar surface area (TPSA) is 26.0 Å². The summed E-state index contributed by atoms with van der Waals surface area (Å²) in [5, 5.41) is 2.52. The van der Waals surface area contributed by atoms with Crippen molar-refractivity contribution in [2.24, 2.45) is 11.1 Å². The highest BCUT2D eigenvalue weighted by Crippen LogP contribution is 2.38. The van der Waals surface area contributed by atoms with Crippen LogP contribution >= 0.6 is 0 Å². The molecule has 2 aromatic rings. The summed E-state index contributed by atoms with van der Waals surface area (Å²) in [6.45, 7) is 10.9. The van der Waals surface area contributed by atoms with E-state index in [1.807, 2.05) is 6.08 Å². The van der Waals surface area contributed by atoms with Gasteiger partial charge in [0.25, 0.3) is 0 Å². The molecular weight excluding hydrogens is 302 g/mol.